The summed E-state index contributed by atoms with van der Waals surface area (Å²) in [5, 5.41) is 2.91. The molecule has 8 heteroatoms. The van der Waals surface area contributed by atoms with Gasteiger partial charge in [-0.1, -0.05) is 24.3 Å². The Labute approximate surface area is 165 Å². The van der Waals surface area contributed by atoms with E-state index in [1.165, 1.54) is 12.5 Å². The summed E-state index contributed by atoms with van der Waals surface area (Å²) in [6.07, 6.45) is -3.16. The lowest BCUT2D eigenvalue weighted by Gasteiger charge is -2.27. The molecule has 0 aliphatic heterocycles. The van der Waals surface area contributed by atoms with Gasteiger partial charge in [0.05, 0.1) is 11.6 Å². The molecule has 1 amide bonds. The number of hydrogen-bond donors (Lipinski definition) is 1. The monoisotopic (exact) mass is 407 g/mol. The Kier molecular flexibility index (Phi) is 6.10. The Morgan fingerprint density at radius 1 is 1.10 bits per heavy atom. The van der Waals surface area contributed by atoms with E-state index in [9.17, 15) is 22.8 Å². The van der Waals surface area contributed by atoms with E-state index in [4.69, 9.17) is 4.74 Å². The molecule has 29 heavy (non-hydrogen) atoms. The molecule has 0 saturated carbocycles. The van der Waals surface area contributed by atoms with E-state index >= 15 is 0 Å². The largest absolute Gasteiger partial charge is 0.573 e. The Morgan fingerprint density at radius 2 is 1.79 bits per heavy atom. The average Bonchev–Trinajstić information content (AvgIpc) is 2.67. The minimum absolute atomic E-state index is 0.0159. The van der Waals surface area contributed by atoms with E-state index in [0.717, 1.165) is 49.1 Å². The zero-order chi connectivity index (χ0) is 21.0. The minimum Gasteiger partial charge on any atom is -0.449 e. The van der Waals surface area contributed by atoms with Crippen molar-refractivity contribution in [2.24, 2.45) is 0 Å². The quantitative estimate of drug-likeness (QED) is 0.750. The van der Waals surface area contributed by atoms with Gasteiger partial charge in [0.15, 0.2) is 6.10 Å². The molecule has 0 spiro atoms. The van der Waals surface area contributed by atoms with E-state index in [2.05, 4.69) is 10.1 Å². The third-order valence-corrected chi connectivity index (χ3v) is 4.66. The van der Waals surface area contributed by atoms with Crippen molar-refractivity contribution in [2.75, 3.05) is 0 Å². The van der Waals surface area contributed by atoms with Crippen molar-refractivity contribution < 1.29 is 32.2 Å². The third-order valence-electron chi connectivity index (χ3n) is 4.66. The summed E-state index contributed by atoms with van der Waals surface area (Å²) in [5.74, 6) is -1.69. The molecule has 0 saturated heterocycles. The van der Waals surface area contributed by atoms with E-state index in [1.54, 1.807) is 0 Å². The molecular weight excluding hydrogens is 387 g/mol. The summed E-state index contributed by atoms with van der Waals surface area (Å²) in [6.45, 7) is 1.45. The Hall–Kier alpha value is -3.03. The number of ether oxygens (including phenoxy) is 2. The maximum absolute atomic E-state index is 12.5. The molecular formula is C21H20F3NO4. The number of carbonyl (C=O) groups excluding carboxylic acids is 2. The summed E-state index contributed by atoms with van der Waals surface area (Å²) < 4.78 is 45.5. The zero-order valence-corrected chi connectivity index (χ0v) is 15.7. The highest BCUT2D eigenvalue weighted by atomic mass is 19.4. The number of alkyl halides is 3. The van der Waals surface area contributed by atoms with Crippen molar-refractivity contribution in [1.29, 1.82) is 0 Å². The molecule has 0 fully saturated rings. The number of fused-ring (bicyclic) bond motifs is 1. The van der Waals surface area contributed by atoms with Gasteiger partial charge in [-0.2, -0.15) is 0 Å². The molecule has 2 atom stereocenters. The minimum atomic E-state index is -4.81. The van der Waals surface area contributed by atoms with Gasteiger partial charge in [0.25, 0.3) is 5.91 Å². The normalized spacial score (nSPS) is 17.0. The Morgan fingerprint density at radius 3 is 2.48 bits per heavy atom. The van der Waals surface area contributed by atoms with Crippen LogP contribution in [0.2, 0.25) is 0 Å². The molecule has 0 bridgehead atoms. The van der Waals surface area contributed by atoms with Gasteiger partial charge in [0.2, 0.25) is 0 Å². The molecule has 0 unspecified atom stereocenters. The van der Waals surface area contributed by atoms with Crippen molar-refractivity contribution >= 4 is 11.9 Å². The van der Waals surface area contributed by atoms with Crippen LogP contribution in [0.3, 0.4) is 0 Å². The highest BCUT2D eigenvalue weighted by Crippen LogP contribution is 2.29. The standard InChI is InChI=1S/C21H20F3NO4/c1-13(19(26)25-18-8-4-6-14-5-2-3-7-17(14)18)28-20(27)15-9-11-16(12-10-15)29-21(22,23)24/h2-3,5,7,9-13,18H,4,6,8H2,1H3,(H,25,26)/t13-,18-/m0/s1. The van der Waals surface area contributed by atoms with Crippen LogP contribution in [0.4, 0.5) is 13.2 Å². The summed E-state index contributed by atoms with van der Waals surface area (Å²) >= 11 is 0. The topological polar surface area (TPSA) is 64.6 Å². The molecule has 0 radical (unpaired) electrons. The van der Waals surface area contributed by atoms with Gasteiger partial charge in [0, 0.05) is 0 Å². The van der Waals surface area contributed by atoms with E-state index < -0.39 is 30.1 Å². The number of carbonyl (C=O) groups is 2. The van der Waals surface area contributed by atoms with E-state index in [1.807, 2.05) is 24.3 Å². The first-order valence-corrected chi connectivity index (χ1v) is 9.18. The highest BCUT2D eigenvalue weighted by Gasteiger charge is 2.31. The lowest BCUT2D eigenvalue weighted by atomic mass is 9.87. The fourth-order valence-electron chi connectivity index (χ4n) is 3.27. The summed E-state index contributed by atoms with van der Waals surface area (Å²) in [4.78, 5) is 24.6. The Balaban J connectivity index is 1.58. The number of esters is 1. The molecule has 2 aromatic rings. The van der Waals surface area contributed by atoms with Crippen molar-refractivity contribution in [1.82, 2.24) is 5.32 Å². The lowest BCUT2D eigenvalue weighted by molar-refractivity contribution is -0.274. The summed E-state index contributed by atoms with van der Waals surface area (Å²) in [5.41, 5.74) is 2.27. The van der Waals surface area contributed by atoms with Gasteiger partial charge in [0.1, 0.15) is 5.75 Å². The molecule has 154 valence electrons. The van der Waals surface area contributed by atoms with Crippen molar-refractivity contribution in [3.63, 3.8) is 0 Å². The molecule has 5 nitrogen and oxygen atoms in total. The number of halogens is 3. The molecule has 2 aromatic carbocycles. The number of amides is 1. The maximum atomic E-state index is 12.5. The van der Waals surface area contributed by atoms with Crippen LogP contribution < -0.4 is 10.1 Å². The van der Waals surface area contributed by atoms with Crippen LogP contribution in [-0.4, -0.2) is 24.3 Å². The first-order chi connectivity index (χ1) is 13.7. The molecule has 3 rings (SSSR count). The molecule has 1 aliphatic rings. The van der Waals surface area contributed by atoms with Gasteiger partial charge in [-0.3, -0.25) is 4.79 Å². The second-order valence-corrected chi connectivity index (χ2v) is 6.77. The highest BCUT2D eigenvalue weighted by molar-refractivity contribution is 5.92. The van der Waals surface area contributed by atoms with Crippen LogP contribution in [0.5, 0.6) is 5.75 Å². The predicted octanol–water partition coefficient (Wildman–Crippen LogP) is 4.32. The summed E-state index contributed by atoms with van der Waals surface area (Å²) in [7, 11) is 0. The molecule has 0 heterocycles. The zero-order valence-electron chi connectivity index (χ0n) is 15.7. The number of aryl methyl sites for hydroxylation is 1. The number of hydrogen-bond acceptors (Lipinski definition) is 4. The maximum Gasteiger partial charge on any atom is 0.573 e. The number of rotatable bonds is 5. The predicted molar refractivity (Wildman–Crippen MR) is 98.3 cm³/mol. The van der Waals surface area contributed by atoms with E-state index in [0.29, 0.717) is 0 Å². The van der Waals surface area contributed by atoms with Gasteiger partial charge in [-0.15, -0.1) is 13.2 Å². The van der Waals surface area contributed by atoms with Crippen LogP contribution in [0.15, 0.2) is 48.5 Å². The van der Waals surface area contributed by atoms with E-state index in [-0.39, 0.29) is 11.6 Å². The molecule has 1 aliphatic carbocycles. The second-order valence-electron chi connectivity index (χ2n) is 6.77. The smallest absolute Gasteiger partial charge is 0.449 e. The first kappa shape index (κ1) is 20.7. The van der Waals surface area contributed by atoms with Crippen LogP contribution in [0.25, 0.3) is 0 Å². The number of nitrogens with one attached hydrogen (secondary N) is 1. The fraction of sp³-hybridized carbons (Fsp3) is 0.333. The second kappa shape index (κ2) is 8.55. The van der Waals surface area contributed by atoms with Gasteiger partial charge in [-0.25, -0.2) is 4.79 Å². The number of benzene rings is 2. The summed E-state index contributed by atoms with van der Waals surface area (Å²) in [6, 6.07) is 12.0. The van der Waals surface area contributed by atoms with Crippen LogP contribution in [-0.2, 0) is 16.0 Å². The first-order valence-electron chi connectivity index (χ1n) is 9.18. The molecule has 0 aromatic heterocycles. The Bertz CT molecular complexity index is 880. The van der Waals surface area contributed by atoms with Gasteiger partial charge >= 0.3 is 12.3 Å². The van der Waals surface area contributed by atoms with Gasteiger partial charge < -0.3 is 14.8 Å². The van der Waals surface area contributed by atoms with Crippen LogP contribution in [0.1, 0.15) is 47.3 Å². The average molecular weight is 407 g/mol. The van der Waals surface area contributed by atoms with Crippen molar-refractivity contribution in [3.8, 4) is 5.75 Å². The van der Waals surface area contributed by atoms with Crippen LogP contribution in [0, 0.1) is 0 Å². The lowest BCUT2D eigenvalue weighted by Crippen LogP contribution is -2.39. The van der Waals surface area contributed by atoms with Crippen molar-refractivity contribution in [2.45, 2.75) is 44.7 Å². The molecule has 1 N–H and O–H groups in total. The van der Waals surface area contributed by atoms with Crippen LogP contribution >= 0.6 is 0 Å². The SMILES string of the molecule is C[C@H](OC(=O)c1ccc(OC(F)(F)F)cc1)C(=O)N[C@H]1CCCc2ccccc21. The third kappa shape index (κ3) is 5.49. The fourth-order valence-corrected chi connectivity index (χ4v) is 3.27. The van der Waals surface area contributed by atoms with Crippen molar-refractivity contribution in [3.05, 3.63) is 65.2 Å². The van der Waals surface area contributed by atoms with Gasteiger partial charge in [-0.05, 0) is 61.6 Å².